The summed E-state index contributed by atoms with van der Waals surface area (Å²) in [7, 11) is 0.489. The van der Waals surface area contributed by atoms with Crippen LogP contribution in [0.1, 0.15) is 19.4 Å². The number of benzene rings is 3. The van der Waals surface area contributed by atoms with Crippen LogP contribution in [0.4, 0.5) is 0 Å². The molecule has 158 valence electrons. The van der Waals surface area contributed by atoms with Gasteiger partial charge in [0.05, 0.1) is 15.4 Å². The first-order valence-electron chi connectivity index (χ1n) is 10.0. The highest BCUT2D eigenvalue weighted by Crippen LogP contribution is 2.31. The number of ether oxygens (including phenoxy) is 2. The van der Waals surface area contributed by atoms with Crippen molar-refractivity contribution in [2.75, 3.05) is 6.61 Å². The second-order valence-electron chi connectivity index (χ2n) is 6.69. The molecule has 4 nitrogen and oxygen atoms in total. The van der Waals surface area contributed by atoms with Gasteiger partial charge in [-0.1, -0.05) is 54.6 Å². The fourth-order valence-electron chi connectivity index (χ4n) is 2.75. The molecule has 0 N–H and O–H groups in total. The first kappa shape index (κ1) is 22.6. The Morgan fingerprint density at radius 3 is 1.83 bits per heavy atom. The molecule has 0 heterocycles. The quantitative estimate of drug-likeness (QED) is 0.232. The average molecular weight is 442 g/mol. The van der Waals surface area contributed by atoms with Crippen molar-refractivity contribution in [2.24, 2.45) is 0 Å². The highest BCUT2D eigenvalue weighted by atomic mass is 31.1. The summed E-state index contributed by atoms with van der Waals surface area (Å²) in [4.78, 5) is 0. The van der Waals surface area contributed by atoms with Gasteiger partial charge >= 0.3 is 0 Å². The molecule has 0 saturated carbocycles. The predicted molar refractivity (Wildman–Crippen MR) is 126 cm³/mol. The van der Waals surface area contributed by atoms with Gasteiger partial charge in [-0.05, 0) is 56.2 Å². The minimum atomic E-state index is -0.0193. The molecule has 0 amide bonds. The lowest BCUT2D eigenvalue weighted by Crippen LogP contribution is -2.08. The summed E-state index contributed by atoms with van der Waals surface area (Å²) in [5, 5.41) is 0. The molecule has 6 heteroatoms. The molecule has 0 spiro atoms. The van der Waals surface area contributed by atoms with Crippen molar-refractivity contribution in [3.8, 4) is 17.2 Å². The second-order valence-corrected chi connectivity index (χ2v) is 9.28. The average Bonchev–Trinajstić information content (AvgIpc) is 2.77. The molecule has 0 saturated heterocycles. The first-order chi connectivity index (χ1) is 14.7. The Bertz CT molecular complexity index is 861. The molecule has 3 rings (SSSR count). The van der Waals surface area contributed by atoms with Crippen molar-refractivity contribution in [3.63, 3.8) is 0 Å². The van der Waals surface area contributed by atoms with E-state index in [0.717, 1.165) is 29.2 Å². The Morgan fingerprint density at radius 1 is 0.667 bits per heavy atom. The number of para-hydroxylation sites is 3. The highest BCUT2D eigenvalue weighted by Gasteiger charge is 2.09. The number of rotatable bonds is 12. The molecule has 0 fully saturated rings. The van der Waals surface area contributed by atoms with Gasteiger partial charge in [0.15, 0.2) is 0 Å². The predicted octanol–water partition coefficient (Wildman–Crippen LogP) is 6.66. The lowest BCUT2D eigenvalue weighted by atomic mass is 10.1. The van der Waals surface area contributed by atoms with E-state index in [0.29, 0.717) is 6.61 Å². The maximum absolute atomic E-state index is 6.05. The normalized spacial score (nSPS) is 13.5. The van der Waals surface area contributed by atoms with Gasteiger partial charge in [-0.3, -0.25) is 0 Å². The first-order valence-corrected chi connectivity index (χ1v) is 12.0. The lowest BCUT2D eigenvalue weighted by Gasteiger charge is -2.17. The molecule has 0 bridgehead atoms. The van der Waals surface area contributed by atoms with Gasteiger partial charge in [0.1, 0.15) is 37.7 Å². The molecular formula is C24H28O4P2. The summed E-state index contributed by atoms with van der Waals surface area (Å²) >= 11 is 0. The molecule has 4 atom stereocenters. The van der Waals surface area contributed by atoms with Crippen molar-refractivity contribution < 1.29 is 18.5 Å². The van der Waals surface area contributed by atoms with Crippen molar-refractivity contribution >= 4 is 17.6 Å². The van der Waals surface area contributed by atoms with Crippen molar-refractivity contribution in [2.45, 2.75) is 32.0 Å². The van der Waals surface area contributed by atoms with Crippen LogP contribution >= 0.6 is 17.6 Å². The van der Waals surface area contributed by atoms with E-state index in [1.54, 1.807) is 0 Å². The third-order valence-electron chi connectivity index (χ3n) is 4.14. The Morgan fingerprint density at radius 2 is 1.20 bits per heavy atom. The van der Waals surface area contributed by atoms with Gasteiger partial charge in [-0.15, -0.1) is 0 Å². The summed E-state index contributed by atoms with van der Waals surface area (Å²) < 4.78 is 23.7. The minimum absolute atomic E-state index is 0.0193. The molecular weight excluding hydrogens is 414 g/mol. The van der Waals surface area contributed by atoms with Crippen molar-refractivity contribution in [1.29, 1.82) is 0 Å². The van der Waals surface area contributed by atoms with E-state index in [2.05, 4.69) is 6.07 Å². The Labute approximate surface area is 182 Å². The van der Waals surface area contributed by atoms with E-state index in [-0.39, 0.29) is 29.3 Å². The van der Waals surface area contributed by atoms with Crippen LogP contribution in [0.2, 0.25) is 0 Å². The molecule has 0 aliphatic rings. The van der Waals surface area contributed by atoms with Gasteiger partial charge in [-0.25, -0.2) is 0 Å². The van der Waals surface area contributed by atoms with E-state index < -0.39 is 0 Å². The SMILES string of the molecule is CC(Oc1ccccc1)POCCc1ccccc1OPC(C)Oc1ccccc1. The van der Waals surface area contributed by atoms with Gasteiger partial charge in [-0.2, -0.15) is 0 Å². The van der Waals surface area contributed by atoms with Gasteiger partial charge in [0.25, 0.3) is 0 Å². The van der Waals surface area contributed by atoms with E-state index in [1.807, 2.05) is 92.7 Å². The van der Waals surface area contributed by atoms with E-state index in [9.17, 15) is 0 Å². The molecule has 0 aliphatic heterocycles. The Hall–Kier alpha value is -2.12. The third kappa shape index (κ3) is 7.95. The molecule has 0 aromatic heterocycles. The van der Waals surface area contributed by atoms with Crippen LogP contribution in [0, 0.1) is 0 Å². The van der Waals surface area contributed by atoms with Crippen LogP contribution in [-0.2, 0) is 10.9 Å². The van der Waals surface area contributed by atoms with Gasteiger partial charge < -0.3 is 18.5 Å². The molecule has 0 aliphatic carbocycles. The van der Waals surface area contributed by atoms with Crippen molar-refractivity contribution in [1.82, 2.24) is 0 Å². The lowest BCUT2D eigenvalue weighted by molar-refractivity contribution is 0.274. The molecule has 0 radical (unpaired) electrons. The largest absolute Gasteiger partial charge is 0.484 e. The third-order valence-corrected chi connectivity index (χ3v) is 5.75. The highest BCUT2D eigenvalue weighted by molar-refractivity contribution is 7.33. The summed E-state index contributed by atoms with van der Waals surface area (Å²) in [5.74, 6) is 2.62. The fourth-order valence-corrected chi connectivity index (χ4v) is 4.06. The number of hydrogen-bond acceptors (Lipinski definition) is 4. The Kier molecular flexibility index (Phi) is 9.44. The van der Waals surface area contributed by atoms with Crippen LogP contribution < -0.4 is 14.0 Å². The zero-order chi connectivity index (χ0) is 21.0. The van der Waals surface area contributed by atoms with Crippen molar-refractivity contribution in [3.05, 3.63) is 90.5 Å². The molecule has 3 aromatic carbocycles. The summed E-state index contributed by atoms with van der Waals surface area (Å²) in [5.41, 5.74) is 1.14. The molecule has 4 unspecified atom stereocenters. The maximum Gasteiger partial charge on any atom is 0.148 e. The molecule has 30 heavy (non-hydrogen) atoms. The van der Waals surface area contributed by atoms with E-state index >= 15 is 0 Å². The smallest absolute Gasteiger partial charge is 0.148 e. The summed E-state index contributed by atoms with van der Waals surface area (Å²) in [6.45, 7) is 4.67. The van der Waals surface area contributed by atoms with Crippen LogP contribution in [0.3, 0.4) is 0 Å². The minimum Gasteiger partial charge on any atom is -0.484 e. The zero-order valence-electron chi connectivity index (χ0n) is 17.3. The zero-order valence-corrected chi connectivity index (χ0v) is 19.3. The summed E-state index contributed by atoms with van der Waals surface area (Å²) in [6.07, 6.45) is 0.791. The van der Waals surface area contributed by atoms with Crippen LogP contribution in [0.5, 0.6) is 17.2 Å². The monoisotopic (exact) mass is 442 g/mol. The van der Waals surface area contributed by atoms with E-state index in [4.69, 9.17) is 18.5 Å². The van der Waals surface area contributed by atoms with Gasteiger partial charge in [0.2, 0.25) is 0 Å². The van der Waals surface area contributed by atoms with E-state index in [1.165, 1.54) is 0 Å². The van der Waals surface area contributed by atoms with Gasteiger partial charge in [0, 0.05) is 0 Å². The number of hydrogen-bond donors (Lipinski definition) is 0. The van der Waals surface area contributed by atoms with Crippen LogP contribution in [0.15, 0.2) is 84.9 Å². The Balaban J connectivity index is 1.40. The summed E-state index contributed by atoms with van der Waals surface area (Å²) in [6, 6.07) is 27.7. The molecule has 3 aromatic rings. The maximum atomic E-state index is 6.05. The topological polar surface area (TPSA) is 36.9 Å². The standard InChI is InChI=1S/C24H28O4P2/c1-19(26-22-12-5-3-6-13-22)29-25-18-17-21-11-9-10-16-24(21)28-30-20(2)27-23-14-7-4-8-15-23/h3-16,19-20,29-30H,17-18H2,1-2H3. The van der Waals surface area contributed by atoms with Crippen LogP contribution in [-0.4, -0.2) is 18.3 Å². The second kappa shape index (κ2) is 12.5. The fraction of sp³-hybridized carbons (Fsp3) is 0.250. The van der Waals surface area contributed by atoms with Crippen LogP contribution in [0.25, 0.3) is 0 Å².